The highest BCUT2D eigenvalue weighted by atomic mass is 127. The van der Waals surface area contributed by atoms with Gasteiger partial charge in [0.2, 0.25) is 5.91 Å². The van der Waals surface area contributed by atoms with Crippen LogP contribution >= 0.6 is 24.0 Å². The number of carbonyl (C=O) groups excluding carboxylic acids is 1. The largest absolute Gasteiger partial charge is 0.354 e. The van der Waals surface area contributed by atoms with Crippen molar-refractivity contribution in [2.45, 2.75) is 78.3 Å². The summed E-state index contributed by atoms with van der Waals surface area (Å²) in [6.07, 6.45) is 7.92. The highest BCUT2D eigenvalue weighted by Gasteiger charge is 2.21. The summed E-state index contributed by atoms with van der Waals surface area (Å²) in [5.74, 6) is 1.15. The Morgan fingerprint density at radius 3 is 2.56 bits per heavy atom. The van der Waals surface area contributed by atoms with E-state index in [4.69, 9.17) is 0 Å². The number of hydrogen-bond acceptors (Lipinski definition) is 3. The van der Waals surface area contributed by atoms with Crippen LogP contribution in [0.25, 0.3) is 0 Å². The molecular formula is C25H44IN5O. The van der Waals surface area contributed by atoms with E-state index in [1.54, 1.807) is 7.05 Å². The molecule has 32 heavy (non-hydrogen) atoms. The molecule has 0 heterocycles. The van der Waals surface area contributed by atoms with Crippen molar-refractivity contribution in [1.29, 1.82) is 0 Å². The van der Waals surface area contributed by atoms with Crippen LogP contribution < -0.4 is 16.0 Å². The average Bonchev–Trinajstić information content (AvgIpc) is 2.80. The third kappa shape index (κ3) is 10.5. The molecule has 0 radical (unpaired) electrons. The highest BCUT2D eigenvalue weighted by molar-refractivity contribution is 14.0. The van der Waals surface area contributed by atoms with Gasteiger partial charge in [-0.1, -0.05) is 45.2 Å². The van der Waals surface area contributed by atoms with Gasteiger partial charge >= 0.3 is 0 Å². The third-order valence-electron chi connectivity index (χ3n) is 6.24. The number of carbonyl (C=O) groups is 1. The maximum Gasteiger partial charge on any atom is 0.227 e. The molecule has 1 aromatic carbocycles. The maximum absolute atomic E-state index is 12.5. The standard InChI is InChI=1S/C25H43N5O.HI/c1-5-30(6-2)17-11-12-20(3)28-25(26-4)27-19-21-13-10-16-23(18-21)29-24(31)22-14-8-7-9-15-22;/h10,13,16,18,20,22H,5-9,11-12,14-15,17,19H2,1-4H3,(H,29,31)(H2,26,27,28);1H. The zero-order valence-corrected chi connectivity index (χ0v) is 22.8. The fraction of sp³-hybridized carbons (Fsp3) is 0.680. The van der Waals surface area contributed by atoms with Gasteiger partial charge in [-0.05, 0) is 69.9 Å². The number of hydrogen-bond donors (Lipinski definition) is 3. The van der Waals surface area contributed by atoms with Crippen LogP contribution in [0.3, 0.4) is 0 Å². The molecule has 1 aromatic rings. The van der Waals surface area contributed by atoms with E-state index in [1.165, 1.54) is 25.7 Å². The fourth-order valence-corrected chi connectivity index (χ4v) is 4.22. The van der Waals surface area contributed by atoms with Crippen LogP contribution in [0.15, 0.2) is 29.3 Å². The van der Waals surface area contributed by atoms with E-state index in [-0.39, 0.29) is 35.8 Å². The molecule has 1 atom stereocenters. The van der Waals surface area contributed by atoms with Crippen molar-refractivity contribution in [3.05, 3.63) is 29.8 Å². The number of halogens is 1. The molecule has 0 saturated heterocycles. The van der Waals surface area contributed by atoms with Crippen LogP contribution in [0, 0.1) is 5.92 Å². The molecule has 1 amide bonds. The number of guanidine groups is 1. The molecule has 6 nitrogen and oxygen atoms in total. The molecule has 182 valence electrons. The molecule has 3 N–H and O–H groups in total. The first-order valence-corrected chi connectivity index (χ1v) is 12.1. The minimum atomic E-state index is 0. The number of benzene rings is 1. The maximum atomic E-state index is 12.5. The van der Waals surface area contributed by atoms with E-state index in [0.29, 0.717) is 12.6 Å². The van der Waals surface area contributed by atoms with E-state index in [2.05, 4.69) is 58.7 Å². The zero-order valence-electron chi connectivity index (χ0n) is 20.5. The zero-order chi connectivity index (χ0) is 22.5. The lowest BCUT2D eigenvalue weighted by atomic mass is 9.88. The van der Waals surface area contributed by atoms with Crippen LogP contribution in [-0.4, -0.2) is 49.5 Å². The van der Waals surface area contributed by atoms with Gasteiger partial charge in [0.15, 0.2) is 5.96 Å². The van der Waals surface area contributed by atoms with E-state index >= 15 is 0 Å². The lowest BCUT2D eigenvalue weighted by Gasteiger charge is -2.21. The Balaban J connectivity index is 0.00000512. The van der Waals surface area contributed by atoms with Gasteiger partial charge in [0.05, 0.1) is 0 Å². The lowest BCUT2D eigenvalue weighted by molar-refractivity contribution is -0.120. The summed E-state index contributed by atoms with van der Waals surface area (Å²) < 4.78 is 0. The summed E-state index contributed by atoms with van der Waals surface area (Å²) in [7, 11) is 1.80. The summed E-state index contributed by atoms with van der Waals surface area (Å²) in [6.45, 7) is 10.7. The van der Waals surface area contributed by atoms with Gasteiger partial charge in [-0.15, -0.1) is 24.0 Å². The minimum Gasteiger partial charge on any atom is -0.354 e. The Morgan fingerprint density at radius 1 is 1.19 bits per heavy atom. The second-order valence-corrected chi connectivity index (χ2v) is 8.66. The number of rotatable bonds is 11. The molecule has 7 heteroatoms. The first-order valence-electron chi connectivity index (χ1n) is 12.1. The highest BCUT2D eigenvalue weighted by Crippen LogP contribution is 2.25. The van der Waals surface area contributed by atoms with Gasteiger partial charge in [-0.3, -0.25) is 9.79 Å². The summed E-state index contributed by atoms with van der Waals surface area (Å²) in [5.41, 5.74) is 2.00. The average molecular weight is 558 g/mol. The molecule has 0 aromatic heterocycles. The first kappa shape index (κ1) is 28.7. The Kier molecular flexibility index (Phi) is 14.6. The van der Waals surface area contributed by atoms with Crippen molar-refractivity contribution < 1.29 is 4.79 Å². The molecule has 2 rings (SSSR count). The normalized spacial score (nSPS) is 15.7. The quantitative estimate of drug-likeness (QED) is 0.204. The second-order valence-electron chi connectivity index (χ2n) is 8.66. The van der Waals surface area contributed by atoms with Gasteiger partial charge in [0.1, 0.15) is 0 Å². The van der Waals surface area contributed by atoms with Crippen molar-refractivity contribution in [3.63, 3.8) is 0 Å². The molecule has 1 saturated carbocycles. The lowest BCUT2D eigenvalue weighted by Crippen LogP contribution is -2.42. The van der Waals surface area contributed by atoms with E-state index in [0.717, 1.165) is 56.1 Å². The SMILES string of the molecule is CCN(CC)CCCC(C)NC(=NC)NCc1cccc(NC(=O)C2CCCCC2)c1.I. The van der Waals surface area contributed by atoms with Crippen LogP contribution in [0.5, 0.6) is 0 Å². The molecule has 1 aliphatic carbocycles. The number of nitrogens with one attached hydrogen (secondary N) is 3. The summed E-state index contributed by atoms with van der Waals surface area (Å²) in [4.78, 5) is 19.3. The van der Waals surface area contributed by atoms with Crippen molar-refractivity contribution in [2.24, 2.45) is 10.9 Å². The summed E-state index contributed by atoms with van der Waals surface area (Å²) in [6, 6.07) is 8.45. The van der Waals surface area contributed by atoms with Gasteiger partial charge in [0.25, 0.3) is 0 Å². The number of nitrogens with zero attached hydrogens (tertiary/aromatic N) is 2. The predicted octanol–water partition coefficient (Wildman–Crippen LogP) is 5.00. The fourth-order valence-electron chi connectivity index (χ4n) is 4.22. The summed E-state index contributed by atoms with van der Waals surface area (Å²) >= 11 is 0. The number of amides is 1. The molecule has 0 spiro atoms. The van der Waals surface area contributed by atoms with E-state index in [1.807, 2.05) is 12.1 Å². The monoisotopic (exact) mass is 557 g/mol. The third-order valence-corrected chi connectivity index (χ3v) is 6.24. The van der Waals surface area contributed by atoms with Gasteiger partial charge < -0.3 is 20.9 Å². The van der Waals surface area contributed by atoms with Crippen molar-refractivity contribution in [3.8, 4) is 0 Å². The molecule has 0 aliphatic heterocycles. The molecule has 1 aliphatic rings. The smallest absolute Gasteiger partial charge is 0.227 e. The van der Waals surface area contributed by atoms with Crippen molar-refractivity contribution in [2.75, 3.05) is 32.0 Å². The molecule has 1 fully saturated rings. The Bertz CT molecular complexity index is 687. The molecule has 1 unspecified atom stereocenters. The van der Waals surface area contributed by atoms with Crippen LogP contribution in [0.4, 0.5) is 5.69 Å². The number of aliphatic imine (C=N–C) groups is 1. The second kappa shape index (κ2) is 16.3. The predicted molar refractivity (Wildman–Crippen MR) is 147 cm³/mol. The Morgan fingerprint density at radius 2 is 1.91 bits per heavy atom. The van der Waals surface area contributed by atoms with E-state index < -0.39 is 0 Å². The Labute approximate surface area is 212 Å². The van der Waals surface area contributed by atoms with Crippen LogP contribution in [0.2, 0.25) is 0 Å². The van der Waals surface area contributed by atoms with Gasteiger partial charge in [-0.25, -0.2) is 0 Å². The van der Waals surface area contributed by atoms with Crippen molar-refractivity contribution >= 4 is 41.5 Å². The summed E-state index contributed by atoms with van der Waals surface area (Å²) in [5, 5.41) is 10.00. The molecular weight excluding hydrogens is 513 g/mol. The van der Waals surface area contributed by atoms with Gasteiger partial charge in [0, 0.05) is 31.2 Å². The van der Waals surface area contributed by atoms with Crippen molar-refractivity contribution in [1.82, 2.24) is 15.5 Å². The van der Waals surface area contributed by atoms with Crippen LogP contribution in [-0.2, 0) is 11.3 Å². The number of anilines is 1. The van der Waals surface area contributed by atoms with Gasteiger partial charge in [-0.2, -0.15) is 0 Å². The first-order chi connectivity index (χ1) is 15.0. The minimum absolute atomic E-state index is 0. The molecule has 0 bridgehead atoms. The van der Waals surface area contributed by atoms with Crippen LogP contribution in [0.1, 0.15) is 71.3 Å². The Hall–Kier alpha value is -1.35. The van der Waals surface area contributed by atoms with E-state index in [9.17, 15) is 4.79 Å². The topological polar surface area (TPSA) is 68.8 Å².